The van der Waals surface area contributed by atoms with Gasteiger partial charge in [0.1, 0.15) is 6.10 Å². The Labute approximate surface area is 120 Å². The van der Waals surface area contributed by atoms with Crippen LogP contribution in [-0.2, 0) is 0 Å². The van der Waals surface area contributed by atoms with Crippen LogP contribution >= 0.6 is 0 Å². The molecule has 6 nitrogen and oxygen atoms in total. The van der Waals surface area contributed by atoms with E-state index in [1.165, 1.54) is 25.7 Å². The first-order chi connectivity index (χ1) is 9.85. The van der Waals surface area contributed by atoms with Gasteiger partial charge in [-0.3, -0.25) is 0 Å². The molecule has 1 saturated carbocycles. The zero-order valence-electron chi connectivity index (χ0n) is 12.1. The summed E-state index contributed by atoms with van der Waals surface area (Å²) in [6.07, 6.45) is 7.48. The van der Waals surface area contributed by atoms with Crippen LogP contribution in [0.25, 0.3) is 0 Å². The molecule has 0 bridgehead atoms. The number of hydrogen-bond donors (Lipinski definition) is 1. The van der Waals surface area contributed by atoms with E-state index in [-0.39, 0.29) is 0 Å². The first kappa shape index (κ1) is 13.4. The van der Waals surface area contributed by atoms with E-state index >= 15 is 0 Å². The van der Waals surface area contributed by atoms with E-state index < -0.39 is 0 Å². The van der Waals surface area contributed by atoms with Gasteiger partial charge in [-0.25, -0.2) is 0 Å². The molecular formula is C14H23N5O. The number of nitrogens with zero attached hydrogens (tertiary/aromatic N) is 4. The van der Waals surface area contributed by atoms with Crippen molar-refractivity contribution in [1.82, 2.24) is 15.0 Å². The van der Waals surface area contributed by atoms with Crippen LogP contribution in [0, 0.1) is 0 Å². The SMILES string of the molecule is CCNc1nc(OC2CCC2)nc(N2CCCCC2)n1. The molecule has 6 heteroatoms. The van der Waals surface area contributed by atoms with Crippen molar-refractivity contribution in [3.63, 3.8) is 0 Å². The Morgan fingerprint density at radius 3 is 2.55 bits per heavy atom. The molecule has 1 saturated heterocycles. The molecule has 2 heterocycles. The lowest BCUT2D eigenvalue weighted by atomic mass is 9.96. The third-order valence-electron chi connectivity index (χ3n) is 3.90. The van der Waals surface area contributed by atoms with Gasteiger partial charge in [-0.05, 0) is 45.4 Å². The molecule has 0 amide bonds. The summed E-state index contributed by atoms with van der Waals surface area (Å²) in [7, 11) is 0. The second-order valence-corrected chi connectivity index (χ2v) is 5.49. The quantitative estimate of drug-likeness (QED) is 0.890. The number of nitrogens with one attached hydrogen (secondary N) is 1. The van der Waals surface area contributed by atoms with E-state index in [2.05, 4.69) is 25.2 Å². The minimum atomic E-state index is 0.293. The van der Waals surface area contributed by atoms with Crippen LogP contribution < -0.4 is 15.0 Å². The van der Waals surface area contributed by atoms with Crippen LogP contribution in [0.2, 0.25) is 0 Å². The van der Waals surface area contributed by atoms with Crippen molar-refractivity contribution in [1.29, 1.82) is 0 Å². The van der Waals surface area contributed by atoms with Gasteiger partial charge in [-0.15, -0.1) is 0 Å². The van der Waals surface area contributed by atoms with Gasteiger partial charge in [-0.1, -0.05) is 0 Å². The zero-order chi connectivity index (χ0) is 13.8. The van der Waals surface area contributed by atoms with Gasteiger partial charge < -0.3 is 15.0 Å². The molecule has 0 atom stereocenters. The van der Waals surface area contributed by atoms with E-state index in [0.29, 0.717) is 18.1 Å². The Hall–Kier alpha value is -1.59. The third-order valence-corrected chi connectivity index (χ3v) is 3.90. The molecule has 0 aromatic carbocycles. The smallest absolute Gasteiger partial charge is 0.323 e. The Morgan fingerprint density at radius 2 is 1.90 bits per heavy atom. The summed E-state index contributed by atoms with van der Waals surface area (Å²) >= 11 is 0. The molecule has 1 aromatic rings. The molecule has 20 heavy (non-hydrogen) atoms. The first-order valence-corrected chi connectivity index (χ1v) is 7.76. The van der Waals surface area contributed by atoms with Crippen molar-refractivity contribution >= 4 is 11.9 Å². The topological polar surface area (TPSA) is 63.2 Å². The number of piperidine rings is 1. The average Bonchev–Trinajstić information content (AvgIpc) is 2.44. The Bertz CT molecular complexity index is 443. The van der Waals surface area contributed by atoms with Crippen LogP contribution in [-0.4, -0.2) is 40.7 Å². The van der Waals surface area contributed by atoms with E-state index in [1.807, 2.05) is 6.92 Å². The molecular weight excluding hydrogens is 254 g/mol. The van der Waals surface area contributed by atoms with Crippen LogP contribution in [0.15, 0.2) is 0 Å². The molecule has 3 rings (SSSR count). The fraction of sp³-hybridized carbons (Fsp3) is 0.786. The molecule has 0 unspecified atom stereocenters. The lowest BCUT2D eigenvalue weighted by Crippen LogP contribution is -2.32. The minimum absolute atomic E-state index is 0.293. The first-order valence-electron chi connectivity index (χ1n) is 7.76. The van der Waals surface area contributed by atoms with Crippen molar-refractivity contribution in [3.05, 3.63) is 0 Å². The maximum Gasteiger partial charge on any atom is 0.323 e. The monoisotopic (exact) mass is 277 g/mol. The highest BCUT2D eigenvalue weighted by molar-refractivity contribution is 5.38. The maximum absolute atomic E-state index is 5.84. The number of ether oxygens (including phenoxy) is 1. The molecule has 1 N–H and O–H groups in total. The van der Waals surface area contributed by atoms with Gasteiger partial charge in [0.25, 0.3) is 0 Å². The molecule has 2 fully saturated rings. The summed E-state index contributed by atoms with van der Waals surface area (Å²) in [5.41, 5.74) is 0. The summed E-state index contributed by atoms with van der Waals surface area (Å²) in [5.74, 6) is 1.38. The highest BCUT2D eigenvalue weighted by Crippen LogP contribution is 2.25. The summed E-state index contributed by atoms with van der Waals surface area (Å²) < 4.78 is 5.84. The zero-order valence-corrected chi connectivity index (χ0v) is 12.1. The van der Waals surface area contributed by atoms with Crippen LogP contribution in [0.1, 0.15) is 45.4 Å². The largest absolute Gasteiger partial charge is 0.460 e. The molecule has 0 radical (unpaired) electrons. The molecule has 1 aliphatic heterocycles. The number of anilines is 2. The highest BCUT2D eigenvalue weighted by atomic mass is 16.5. The van der Waals surface area contributed by atoms with Gasteiger partial charge in [-0.2, -0.15) is 15.0 Å². The van der Waals surface area contributed by atoms with Crippen LogP contribution in [0.3, 0.4) is 0 Å². The summed E-state index contributed by atoms with van der Waals surface area (Å²) in [6, 6.07) is 0.473. The predicted molar refractivity (Wildman–Crippen MR) is 78.3 cm³/mol. The van der Waals surface area contributed by atoms with Crippen molar-refractivity contribution < 1.29 is 4.74 Å². The number of rotatable bonds is 5. The van der Waals surface area contributed by atoms with E-state index in [9.17, 15) is 0 Å². The predicted octanol–water partition coefficient (Wildman–Crippen LogP) is 2.22. The second kappa shape index (κ2) is 6.24. The van der Waals surface area contributed by atoms with E-state index in [1.54, 1.807) is 0 Å². The molecule has 110 valence electrons. The van der Waals surface area contributed by atoms with E-state index in [4.69, 9.17) is 4.74 Å². The van der Waals surface area contributed by atoms with Gasteiger partial charge in [0.05, 0.1) is 0 Å². The van der Waals surface area contributed by atoms with Crippen LogP contribution in [0.4, 0.5) is 11.9 Å². The van der Waals surface area contributed by atoms with Crippen molar-refractivity contribution in [2.24, 2.45) is 0 Å². The van der Waals surface area contributed by atoms with E-state index in [0.717, 1.165) is 38.4 Å². The lowest BCUT2D eigenvalue weighted by molar-refractivity contribution is 0.108. The normalized spacial score (nSPS) is 19.6. The highest BCUT2D eigenvalue weighted by Gasteiger charge is 2.22. The van der Waals surface area contributed by atoms with Crippen LogP contribution in [0.5, 0.6) is 6.01 Å². The third kappa shape index (κ3) is 3.11. The molecule has 1 aliphatic carbocycles. The second-order valence-electron chi connectivity index (χ2n) is 5.49. The van der Waals surface area contributed by atoms with Crippen molar-refractivity contribution in [3.8, 4) is 6.01 Å². The Kier molecular flexibility index (Phi) is 4.18. The van der Waals surface area contributed by atoms with Gasteiger partial charge in [0.15, 0.2) is 0 Å². The minimum Gasteiger partial charge on any atom is -0.460 e. The standard InChI is InChI=1S/C14H23N5O/c1-2-15-12-16-13(19-9-4-3-5-10-19)18-14(17-12)20-11-7-6-8-11/h11H,2-10H2,1H3,(H,15,16,17,18). The maximum atomic E-state index is 5.84. The lowest BCUT2D eigenvalue weighted by Gasteiger charge is -2.28. The molecule has 0 spiro atoms. The number of hydrogen-bond acceptors (Lipinski definition) is 6. The summed E-state index contributed by atoms with van der Waals surface area (Å²) in [4.78, 5) is 15.6. The van der Waals surface area contributed by atoms with Gasteiger partial charge in [0.2, 0.25) is 11.9 Å². The van der Waals surface area contributed by atoms with Crippen molar-refractivity contribution in [2.75, 3.05) is 29.9 Å². The summed E-state index contributed by atoms with van der Waals surface area (Å²) in [6.45, 7) is 4.89. The fourth-order valence-electron chi connectivity index (χ4n) is 2.51. The Morgan fingerprint density at radius 1 is 1.10 bits per heavy atom. The van der Waals surface area contributed by atoms with Gasteiger partial charge >= 0.3 is 6.01 Å². The van der Waals surface area contributed by atoms with Gasteiger partial charge in [0, 0.05) is 19.6 Å². The molecule has 2 aliphatic rings. The number of aromatic nitrogens is 3. The van der Waals surface area contributed by atoms with Crippen molar-refractivity contribution in [2.45, 2.75) is 51.6 Å². The Balaban J connectivity index is 1.78. The average molecular weight is 277 g/mol. The molecule has 1 aromatic heterocycles. The summed E-state index contributed by atoms with van der Waals surface area (Å²) in [5, 5.41) is 3.17. The fourth-order valence-corrected chi connectivity index (χ4v) is 2.51.